The molecule has 0 atom stereocenters. The van der Waals surface area contributed by atoms with Crippen LogP contribution in [0.3, 0.4) is 0 Å². The Balaban J connectivity index is 2.39. The number of ether oxygens (including phenoxy) is 1. The molecule has 0 amide bonds. The van der Waals surface area contributed by atoms with E-state index in [1.54, 1.807) is 18.2 Å². The number of nitrogens with two attached hydrogens (primary N) is 1. The van der Waals surface area contributed by atoms with Gasteiger partial charge in [0.05, 0.1) is 10.6 Å². The zero-order chi connectivity index (χ0) is 14.0. The first-order valence-electron chi connectivity index (χ1n) is 5.51. The first-order valence-corrected chi connectivity index (χ1v) is 6.29. The molecule has 0 saturated heterocycles. The Morgan fingerprint density at radius 3 is 2.63 bits per heavy atom. The number of benzene rings is 2. The van der Waals surface area contributed by atoms with Crippen LogP contribution in [0.1, 0.15) is 11.1 Å². The summed E-state index contributed by atoms with van der Waals surface area (Å²) >= 11 is 10.6. The average molecular weight is 296 g/mol. The van der Waals surface area contributed by atoms with Gasteiger partial charge in [-0.05, 0) is 36.8 Å². The van der Waals surface area contributed by atoms with Gasteiger partial charge in [0, 0.05) is 6.07 Å². The molecule has 0 bridgehead atoms. The van der Waals surface area contributed by atoms with Crippen LogP contribution in [0.25, 0.3) is 0 Å². The van der Waals surface area contributed by atoms with Gasteiger partial charge in [0.1, 0.15) is 22.3 Å². The van der Waals surface area contributed by atoms with Gasteiger partial charge in [-0.25, -0.2) is 4.39 Å². The number of aryl methyl sites for hydroxylation is 1. The molecular formula is C14H11ClFNOS. The smallest absolute Gasteiger partial charge is 0.145 e. The summed E-state index contributed by atoms with van der Waals surface area (Å²) in [5.74, 6) is 0.294. The van der Waals surface area contributed by atoms with E-state index < -0.39 is 5.82 Å². The maximum absolute atomic E-state index is 13.4. The molecule has 0 heterocycles. The van der Waals surface area contributed by atoms with Crippen LogP contribution in [0.2, 0.25) is 5.02 Å². The summed E-state index contributed by atoms with van der Waals surface area (Å²) in [6, 6.07) is 9.68. The molecule has 0 aliphatic carbocycles. The summed E-state index contributed by atoms with van der Waals surface area (Å²) in [6.45, 7) is 1.92. The highest BCUT2D eigenvalue weighted by molar-refractivity contribution is 7.80. The number of hydrogen-bond acceptors (Lipinski definition) is 2. The van der Waals surface area contributed by atoms with E-state index >= 15 is 0 Å². The van der Waals surface area contributed by atoms with Crippen molar-refractivity contribution in [2.24, 2.45) is 5.73 Å². The third-order valence-corrected chi connectivity index (χ3v) is 3.05. The van der Waals surface area contributed by atoms with Crippen LogP contribution in [0.5, 0.6) is 11.5 Å². The third-order valence-electron chi connectivity index (χ3n) is 2.52. The second-order valence-electron chi connectivity index (χ2n) is 4.04. The summed E-state index contributed by atoms with van der Waals surface area (Å²) < 4.78 is 19.0. The van der Waals surface area contributed by atoms with E-state index in [9.17, 15) is 4.39 Å². The summed E-state index contributed by atoms with van der Waals surface area (Å²) in [4.78, 5) is 0.226. The quantitative estimate of drug-likeness (QED) is 0.861. The fourth-order valence-electron chi connectivity index (χ4n) is 1.58. The lowest BCUT2D eigenvalue weighted by Crippen LogP contribution is -2.10. The molecule has 98 valence electrons. The van der Waals surface area contributed by atoms with Gasteiger partial charge in [-0.1, -0.05) is 29.9 Å². The lowest BCUT2D eigenvalue weighted by Gasteiger charge is -2.11. The van der Waals surface area contributed by atoms with E-state index in [0.717, 1.165) is 5.56 Å². The van der Waals surface area contributed by atoms with E-state index in [1.807, 2.05) is 13.0 Å². The highest BCUT2D eigenvalue weighted by Gasteiger charge is 2.09. The SMILES string of the molecule is Cc1ccc(C(N)=S)c(Oc2ccc(Cl)c(F)c2)c1. The van der Waals surface area contributed by atoms with Crippen LogP contribution in [0.4, 0.5) is 4.39 Å². The minimum Gasteiger partial charge on any atom is -0.457 e. The van der Waals surface area contributed by atoms with Crippen molar-refractivity contribution < 1.29 is 9.13 Å². The highest BCUT2D eigenvalue weighted by Crippen LogP contribution is 2.28. The largest absolute Gasteiger partial charge is 0.457 e. The third kappa shape index (κ3) is 3.22. The maximum Gasteiger partial charge on any atom is 0.145 e. The van der Waals surface area contributed by atoms with E-state index in [0.29, 0.717) is 17.1 Å². The van der Waals surface area contributed by atoms with Crippen molar-refractivity contribution in [3.8, 4) is 11.5 Å². The molecule has 0 aromatic heterocycles. The van der Waals surface area contributed by atoms with Crippen molar-refractivity contribution in [1.29, 1.82) is 0 Å². The van der Waals surface area contributed by atoms with Crippen molar-refractivity contribution in [3.05, 3.63) is 58.4 Å². The highest BCUT2D eigenvalue weighted by atomic mass is 35.5. The van der Waals surface area contributed by atoms with Gasteiger partial charge in [0.2, 0.25) is 0 Å². The zero-order valence-electron chi connectivity index (χ0n) is 10.1. The molecule has 0 aliphatic heterocycles. The van der Waals surface area contributed by atoms with Gasteiger partial charge in [-0.2, -0.15) is 0 Å². The molecule has 2 nitrogen and oxygen atoms in total. The van der Waals surface area contributed by atoms with Crippen molar-refractivity contribution in [2.75, 3.05) is 0 Å². The standard InChI is InChI=1S/C14H11ClFNOS/c1-8-2-4-10(14(17)19)13(6-8)18-9-3-5-11(15)12(16)7-9/h2-7H,1H3,(H2,17,19). The Morgan fingerprint density at radius 1 is 1.26 bits per heavy atom. The first-order chi connectivity index (χ1) is 8.97. The van der Waals surface area contributed by atoms with Gasteiger partial charge in [-0.15, -0.1) is 0 Å². The van der Waals surface area contributed by atoms with Crippen LogP contribution < -0.4 is 10.5 Å². The molecule has 19 heavy (non-hydrogen) atoms. The monoisotopic (exact) mass is 295 g/mol. The lowest BCUT2D eigenvalue weighted by atomic mass is 10.1. The number of hydrogen-bond donors (Lipinski definition) is 1. The number of halogens is 2. The van der Waals surface area contributed by atoms with Crippen LogP contribution in [-0.4, -0.2) is 4.99 Å². The van der Waals surface area contributed by atoms with Crippen molar-refractivity contribution in [2.45, 2.75) is 6.92 Å². The van der Waals surface area contributed by atoms with Gasteiger partial charge in [0.25, 0.3) is 0 Å². The van der Waals surface area contributed by atoms with E-state index in [2.05, 4.69) is 0 Å². The summed E-state index contributed by atoms with van der Waals surface area (Å²) in [5, 5.41) is 0.0474. The molecule has 0 aliphatic rings. The van der Waals surface area contributed by atoms with Crippen molar-refractivity contribution in [3.63, 3.8) is 0 Å². The Hall–Kier alpha value is -1.65. The zero-order valence-corrected chi connectivity index (χ0v) is 11.7. The van der Waals surface area contributed by atoms with E-state index in [1.165, 1.54) is 12.1 Å². The molecule has 2 aromatic carbocycles. The number of rotatable bonds is 3. The van der Waals surface area contributed by atoms with E-state index in [-0.39, 0.29) is 10.0 Å². The maximum atomic E-state index is 13.4. The fraction of sp³-hybridized carbons (Fsp3) is 0.0714. The predicted molar refractivity (Wildman–Crippen MR) is 78.6 cm³/mol. The topological polar surface area (TPSA) is 35.2 Å². The first kappa shape index (κ1) is 13.8. The summed E-state index contributed by atoms with van der Waals surface area (Å²) in [6.07, 6.45) is 0. The molecule has 0 unspecified atom stereocenters. The van der Waals surface area contributed by atoms with Crippen LogP contribution in [-0.2, 0) is 0 Å². The molecule has 2 N–H and O–H groups in total. The molecule has 2 rings (SSSR count). The van der Waals surface area contributed by atoms with Crippen LogP contribution in [0.15, 0.2) is 36.4 Å². The van der Waals surface area contributed by atoms with Gasteiger partial charge in [-0.3, -0.25) is 0 Å². The minimum absolute atomic E-state index is 0.0474. The van der Waals surface area contributed by atoms with Gasteiger partial charge < -0.3 is 10.5 Å². The molecule has 0 fully saturated rings. The van der Waals surface area contributed by atoms with Crippen LogP contribution >= 0.6 is 23.8 Å². The normalized spacial score (nSPS) is 10.3. The van der Waals surface area contributed by atoms with Crippen molar-refractivity contribution >= 4 is 28.8 Å². The fourth-order valence-corrected chi connectivity index (χ4v) is 1.87. The lowest BCUT2D eigenvalue weighted by molar-refractivity contribution is 0.475. The predicted octanol–water partition coefficient (Wildman–Crippen LogP) is 4.21. The Bertz CT molecular complexity index is 645. The molecular weight excluding hydrogens is 285 g/mol. The van der Waals surface area contributed by atoms with Gasteiger partial charge in [0.15, 0.2) is 0 Å². The second-order valence-corrected chi connectivity index (χ2v) is 4.89. The van der Waals surface area contributed by atoms with E-state index in [4.69, 9.17) is 34.3 Å². The minimum atomic E-state index is -0.538. The molecule has 2 aromatic rings. The summed E-state index contributed by atoms with van der Waals surface area (Å²) in [7, 11) is 0. The average Bonchev–Trinajstić information content (AvgIpc) is 2.33. The van der Waals surface area contributed by atoms with Crippen LogP contribution in [0, 0.1) is 12.7 Å². The molecule has 0 radical (unpaired) electrons. The molecule has 0 saturated carbocycles. The Kier molecular flexibility index (Phi) is 4.02. The Morgan fingerprint density at radius 2 is 2.00 bits per heavy atom. The van der Waals surface area contributed by atoms with Gasteiger partial charge >= 0.3 is 0 Å². The second kappa shape index (κ2) is 5.55. The molecule has 5 heteroatoms. The molecule has 0 spiro atoms. The summed E-state index contributed by atoms with van der Waals surface area (Å²) in [5.41, 5.74) is 7.23. The number of thiocarbonyl (C=S) groups is 1. The Labute approximate surface area is 120 Å². The van der Waals surface area contributed by atoms with Crippen molar-refractivity contribution in [1.82, 2.24) is 0 Å².